The fourth-order valence-electron chi connectivity index (χ4n) is 3.37. The molecule has 1 saturated heterocycles. The quantitative estimate of drug-likeness (QED) is 0.919. The standard InChI is InChI=1S/C20H20N2O4/c1-2-13-5-3-4-6-16(13)21-20(24)14-9-19(23)22(11-14)15-7-8-17-18(10-15)26-12-25-17/h3-8,10,14H,2,9,11-12H2,1H3,(H,21,24). The van der Waals surface area contributed by atoms with Crippen molar-refractivity contribution in [3.63, 3.8) is 0 Å². The number of nitrogens with one attached hydrogen (secondary N) is 1. The Morgan fingerprint density at radius 3 is 2.85 bits per heavy atom. The Kier molecular flexibility index (Phi) is 4.24. The molecule has 2 aromatic carbocycles. The molecule has 2 amide bonds. The summed E-state index contributed by atoms with van der Waals surface area (Å²) in [7, 11) is 0. The number of ether oxygens (including phenoxy) is 2. The molecule has 6 nitrogen and oxygen atoms in total. The van der Waals surface area contributed by atoms with Gasteiger partial charge in [0.2, 0.25) is 18.6 Å². The maximum atomic E-state index is 12.7. The zero-order valence-corrected chi connectivity index (χ0v) is 14.5. The summed E-state index contributed by atoms with van der Waals surface area (Å²) < 4.78 is 10.7. The number of carbonyl (C=O) groups excluding carboxylic acids is 2. The van der Waals surface area contributed by atoms with Crippen molar-refractivity contribution in [3.05, 3.63) is 48.0 Å². The predicted octanol–water partition coefficient (Wildman–Crippen LogP) is 2.97. The average Bonchev–Trinajstić information content (AvgIpc) is 3.27. The van der Waals surface area contributed by atoms with E-state index in [2.05, 4.69) is 5.32 Å². The summed E-state index contributed by atoms with van der Waals surface area (Å²) in [6, 6.07) is 13.1. The van der Waals surface area contributed by atoms with Crippen molar-refractivity contribution in [1.29, 1.82) is 0 Å². The van der Waals surface area contributed by atoms with Crippen LogP contribution in [0.15, 0.2) is 42.5 Å². The lowest BCUT2D eigenvalue weighted by Crippen LogP contribution is -2.28. The third kappa shape index (κ3) is 2.98. The smallest absolute Gasteiger partial charge is 0.231 e. The van der Waals surface area contributed by atoms with Crippen molar-refractivity contribution < 1.29 is 19.1 Å². The first-order valence-corrected chi connectivity index (χ1v) is 8.74. The maximum Gasteiger partial charge on any atom is 0.231 e. The van der Waals surface area contributed by atoms with E-state index in [1.54, 1.807) is 17.0 Å². The van der Waals surface area contributed by atoms with Gasteiger partial charge >= 0.3 is 0 Å². The lowest BCUT2D eigenvalue weighted by molar-refractivity contribution is -0.122. The summed E-state index contributed by atoms with van der Waals surface area (Å²) in [5.74, 6) is 0.735. The lowest BCUT2D eigenvalue weighted by Gasteiger charge is -2.17. The molecule has 2 aromatic rings. The van der Waals surface area contributed by atoms with Crippen molar-refractivity contribution in [2.24, 2.45) is 5.92 Å². The summed E-state index contributed by atoms with van der Waals surface area (Å²) in [6.45, 7) is 2.60. The molecule has 0 aliphatic carbocycles. The van der Waals surface area contributed by atoms with Crippen LogP contribution in [-0.4, -0.2) is 25.2 Å². The molecule has 0 bridgehead atoms. The summed E-state index contributed by atoms with van der Waals surface area (Å²) in [4.78, 5) is 26.7. The third-order valence-electron chi connectivity index (χ3n) is 4.82. The van der Waals surface area contributed by atoms with Gasteiger partial charge in [0.05, 0.1) is 5.92 Å². The van der Waals surface area contributed by atoms with Crippen LogP contribution < -0.4 is 19.7 Å². The minimum atomic E-state index is -0.377. The highest BCUT2D eigenvalue weighted by Gasteiger charge is 2.35. The minimum Gasteiger partial charge on any atom is -0.454 e. The predicted molar refractivity (Wildman–Crippen MR) is 97.5 cm³/mol. The molecule has 0 aromatic heterocycles. The number of para-hydroxylation sites is 1. The molecular weight excluding hydrogens is 332 g/mol. The second-order valence-electron chi connectivity index (χ2n) is 6.44. The third-order valence-corrected chi connectivity index (χ3v) is 4.82. The Labute approximate surface area is 151 Å². The van der Waals surface area contributed by atoms with Crippen molar-refractivity contribution in [1.82, 2.24) is 0 Å². The number of nitrogens with zero attached hydrogens (tertiary/aromatic N) is 1. The summed E-state index contributed by atoms with van der Waals surface area (Å²) in [5, 5.41) is 2.98. The van der Waals surface area contributed by atoms with Crippen LogP contribution in [0.3, 0.4) is 0 Å². The first-order valence-electron chi connectivity index (χ1n) is 8.74. The van der Waals surface area contributed by atoms with Gasteiger partial charge in [0.1, 0.15) is 0 Å². The molecule has 1 unspecified atom stereocenters. The van der Waals surface area contributed by atoms with Gasteiger partial charge in [-0.25, -0.2) is 0 Å². The molecule has 0 saturated carbocycles. The van der Waals surface area contributed by atoms with E-state index in [9.17, 15) is 9.59 Å². The molecule has 1 N–H and O–H groups in total. The largest absolute Gasteiger partial charge is 0.454 e. The van der Waals surface area contributed by atoms with E-state index in [1.165, 1.54) is 0 Å². The molecule has 4 rings (SSSR count). The van der Waals surface area contributed by atoms with Crippen molar-refractivity contribution in [3.8, 4) is 11.5 Å². The highest BCUT2D eigenvalue weighted by molar-refractivity contribution is 6.03. The van der Waals surface area contributed by atoms with Crippen LogP contribution in [0.5, 0.6) is 11.5 Å². The number of benzene rings is 2. The molecule has 2 heterocycles. The van der Waals surface area contributed by atoms with E-state index in [-0.39, 0.29) is 30.9 Å². The summed E-state index contributed by atoms with van der Waals surface area (Å²) in [6.07, 6.45) is 1.04. The number of amides is 2. The van der Waals surface area contributed by atoms with E-state index in [0.29, 0.717) is 18.0 Å². The Morgan fingerprint density at radius 2 is 2.00 bits per heavy atom. The molecular formula is C20H20N2O4. The molecule has 134 valence electrons. The number of hydrogen-bond donors (Lipinski definition) is 1. The van der Waals surface area contributed by atoms with E-state index >= 15 is 0 Å². The van der Waals surface area contributed by atoms with E-state index in [1.807, 2.05) is 37.3 Å². The second kappa shape index (κ2) is 6.71. The van der Waals surface area contributed by atoms with Gasteiger partial charge < -0.3 is 19.7 Å². The van der Waals surface area contributed by atoms with Gasteiger partial charge in [-0.05, 0) is 30.2 Å². The molecule has 0 spiro atoms. The Morgan fingerprint density at radius 1 is 1.19 bits per heavy atom. The molecule has 0 radical (unpaired) electrons. The van der Waals surface area contributed by atoms with Gasteiger partial charge in [-0.15, -0.1) is 0 Å². The second-order valence-corrected chi connectivity index (χ2v) is 6.44. The maximum absolute atomic E-state index is 12.7. The van der Waals surface area contributed by atoms with Gasteiger partial charge in [-0.3, -0.25) is 9.59 Å². The van der Waals surface area contributed by atoms with Gasteiger partial charge in [0, 0.05) is 30.4 Å². The average molecular weight is 352 g/mol. The highest BCUT2D eigenvalue weighted by atomic mass is 16.7. The van der Waals surface area contributed by atoms with Crippen LogP contribution >= 0.6 is 0 Å². The van der Waals surface area contributed by atoms with Crippen molar-refractivity contribution in [2.75, 3.05) is 23.6 Å². The molecule has 1 atom stereocenters. The van der Waals surface area contributed by atoms with Crippen LogP contribution in [0, 0.1) is 5.92 Å². The van der Waals surface area contributed by atoms with Crippen LogP contribution in [0.4, 0.5) is 11.4 Å². The molecule has 1 fully saturated rings. The van der Waals surface area contributed by atoms with Crippen LogP contribution in [0.25, 0.3) is 0 Å². The van der Waals surface area contributed by atoms with Crippen LogP contribution in [-0.2, 0) is 16.0 Å². The van der Waals surface area contributed by atoms with Crippen LogP contribution in [0.1, 0.15) is 18.9 Å². The summed E-state index contributed by atoms with van der Waals surface area (Å²) >= 11 is 0. The number of carbonyl (C=O) groups is 2. The fourth-order valence-corrected chi connectivity index (χ4v) is 3.37. The molecule has 2 aliphatic rings. The lowest BCUT2D eigenvalue weighted by atomic mass is 10.1. The van der Waals surface area contributed by atoms with Gasteiger partial charge in [-0.2, -0.15) is 0 Å². The Bertz CT molecular complexity index is 865. The summed E-state index contributed by atoms with van der Waals surface area (Å²) in [5.41, 5.74) is 2.62. The minimum absolute atomic E-state index is 0.0622. The monoisotopic (exact) mass is 352 g/mol. The van der Waals surface area contributed by atoms with Crippen molar-refractivity contribution in [2.45, 2.75) is 19.8 Å². The number of hydrogen-bond acceptors (Lipinski definition) is 4. The number of fused-ring (bicyclic) bond motifs is 1. The number of rotatable bonds is 4. The van der Waals surface area contributed by atoms with Gasteiger partial charge in [-0.1, -0.05) is 25.1 Å². The molecule has 26 heavy (non-hydrogen) atoms. The first-order chi connectivity index (χ1) is 12.7. The van der Waals surface area contributed by atoms with Gasteiger partial charge in [0.25, 0.3) is 0 Å². The number of aryl methyl sites for hydroxylation is 1. The molecule has 6 heteroatoms. The zero-order chi connectivity index (χ0) is 18.1. The van der Waals surface area contributed by atoms with Crippen LogP contribution in [0.2, 0.25) is 0 Å². The zero-order valence-electron chi connectivity index (χ0n) is 14.5. The van der Waals surface area contributed by atoms with E-state index in [0.717, 1.165) is 23.4 Å². The number of anilines is 2. The highest BCUT2D eigenvalue weighted by Crippen LogP contribution is 2.37. The fraction of sp³-hybridized carbons (Fsp3) is 0.300. The Balaban J connectivity index is 1.48. The SMILES string of the molecule is CCc1ccccc1NC(=O)C1CC(=O)N(c2ccc3c(c2)OCO3)C1. The normalized spacial score (nSPS) is 18.3. The molecule has 2 aliphatic heterocycles. The van der Waals surface area contributed by atoms with Gasteiger partial charge in [0.15, 0.2) is 11.5 Å². The Hall–Kier alpha value is -3.02. The topological polar surface area (TPSA) is 67.9 Å². The van der Waals surface area contributed by atoms with Crippen molar-refractivity contribution >= 4 is 23.2 Å². The van der Waals surface area contributed by atoms with E-state index in [4.69, 9.17) is 9.47 Å². The van der Waals surface area contributed by atoms with E-state index < -0.39 is 0 Å². The first kappa shape index (κ1) is 16.4.